The molecule has 3 aliphatic rings. The van der Waals surface area contributed by atoms with E-state index in [1.807, 2.05) is 12.1 Å². The number of amidine groups is 1. The Balaban J connectivity index is 1.23. The van der Waals surface area contributed by atoms with E-state index in [0.717, 1.165) is 34.8 Å². The van der Waals surface area contributed by atoms with E-state index in [-0.39, 0.29) is 12.4 Å². The molecule has 0 saturated heterocycles. The third-order valence-corrected chi connectivity index (χ3v) is 9.05. The lowest BCUT2D eigenvalue weighted by atomic mass is 9.86. The summed E-state index contributed by atoms with van der Waals surface area (Å²) in [6.07, 6.45) is 8.66. The van der Waals surface area contributed by atoms with Gasteiger partial charge >= 0.3 is 0 Å². The van der Waals surface area contributed by atoms with Gasteiger partial charge in [-0.25, -0.2) is 10.1 Å². The van der Waals surface area contributed by atoms with E-state index in [9.17, 15) is 0 Å². The van der Waals surface area contributed by atoms with E-state index in [4.69, 9.17) is 9.73 Å². The summed E-state index contributed by atoms with van der Waals surface area (Å²) >= 11 is 0. The Labute approximate surface area is 252 Å². The SMILES string of the molecule is COC(C)N1C=C2C(=NC(C3CCCCC3)N2Cc2ccc(-c3ccccc3-c3nnn[nH]3)cc2)N(c2ccccc2)C1. The summed E-state index contributed by atoms with van der Waals surface area (Å²) < 4.78 is 5.79. The van der Waals surface area contributed by atoms with E-state index in [1.54, 1.807) is 7.11 Å². The third-order valence-electron chi connectivity index (χ3n) is 9.05. The fourth-order valence-corrected chi connectivity index (χ4v) is 6.64. The minimum Gasteiger partial charge on any atom is -0.362 e. The number of aromatic amines is 1. The van der Waals surface area contributed by atoms with Crippen LogP contribution in [0, 0.1) is 5.92 Å². The molecule has 1 fully saturated rings. The van der Waals surface area contributed by atoms with Crippen LogP contribution < -0.4 is 4.90 Å². The molecule has 43 heavy (non-hydrogen) atoms. The van der Waals surface area contributed by atoms with E-state index in [2.05, 4.69) is 115 Å². The second-order valence-electron chi connectivity index (χ2n) is 11.7. The number of aromatic nitrogens is 4. The molecule has 4 aromatic rings. The number of hydrogen-bond donors (Lipinski definition) is 1. The lowest BCUT2D eigenvalue weighted by molar-refractivity contribution is 0.00840. The first-order chi connectivity index (χ1) is 21.2. The monoisotopic (exact) mass is 574 g/mol. The number of benzene rings is 3. The Morgan fingerprint density at radius 1 is 0.907 bits per heavy atom. The van der Waals surface area contributed by atoms with Crippen molar-refractivity contribution in [2.24, 2.45) is 10.9 Å². The van der Waals surface area contributed by atoms with Gasteiger partial charge in [-0.2, -0.15) is 0 Å². The van der Waals surface area contributed by atoms with E-state index >= 15 is 0 Å². The molecule has 1 saturated carbocycles. The standard InChI is InChI=1S/C34H38N8O/c1-24(43-2)40-22-31-34(42(23-40)28-13-7-4-8-14-28)35-33(27-11-5-3-6-12-27)41(31)21-25-17-19-26(20-18-25)29-15-9-10-16-30(29)32-36-38-39-37-32/h4,7-10,13-20,22,24,27,33H,3,5-6,11-12,21,23H2,1-2H3,(H,36,37,38,39). The van der Waals surface area contributed by atoms with Gasteiger partial charge < -0.3 is 19.4 Å². The summed E-state index contributed by atoms with van der Waals surface area (Å²) in [6.45, 7) is 3.58. The summed E-state index contributed by atoms with van der Waals surface area (Å²) in [4.78, 5) is 12.7. The van der Waals surface area contributed by atoms with Gasteiger partial charge in [0.25, 0.3) is 0 Å². The summed E-state index contributed by atoms with van der Waals surface area (Å²) in [6, 6.07) is 27.7. The van der Waals surface area contributed by atoms with Gasteiger partial charge in [-0.05, 0) is 64.9 Å². The molecule has 0 radical (unpaired) electrons. The van der Waals surface area contributed by atoms with Gasteiger partial charge in [0.15, 0.2) is 11.7 Å². The molecule has 3 heterocycles. The van der Waals surface area contributed by atoms with Crippen LogP contribution in [0.3, 0.4) is 0 Å². The fraction of sp³-hybridized carbons (Fsp3) is 0.353. The molecule has 2 unspecified atom stereocenters. The summed E-state index contributed by atoms with van der Waals surface area (Å²) in [5.74, 6) is 2.27. The number of H-pyrrole nitrogens is 1. The number of ether oxygens (including phenoxy) is 1. The quantitative estimate of drug-likeness (QED) is 0.266. The number of rotatable bonds is 8. The minimum absolute atomic E-state index is 0.0604. The molecule has 1 aromatic heterocycles. The zero-order valence-corrected chi connectivity index (χ0v) is 24.8. The maximum Gasteiger partial charge on any atom is 0.180 e. The molecular weight excluding hydrogens is 536 g/mol. The molecule has 2 atom stereocenters. The second-order valence-corrected chi connectivity index (χ2v) is 11.7. The molecule has 1 aliphatic carbocycles. The molecule has 220 valence electrons. The molecule has 3 aromatic carbocycles. The van der Waals surface area contributed by atoms with Crippen molar-refractivity contribution in [1.82, 2.24) is 30.4 Å². The maximum absolute atomic E-state index is 5.79. The third kappa shape index (κ3) is 5.41. The van der Waals surface area contributed by atoms with Crippen molar-refractivity contribution in [3.05, 3.63) is 96.3 Å². The average Bonchev–Trinajstić information content (AvgIpc) is 3.74. The molecule has 0 spiro atoms. The van der Waals surface area contributed by atoms with Crippen LogP contribution in [0.5, 0.6) is 0 Å². The Morgan fingerprint density at radius 2 is 1.65 bits per heavy atom. The number of nitrogens with one attached hydrogen (secondary N) is 1. The van der Waals surface area contributed by atoms with Gasteiger partial charge in [-0.1, -0.05) is 86.0 Å². The highest BCUT2D eigenvalue weighted by molar-refractivity contribution is 6.11. The van der Waals surface area contributed by atoms with Gasteiger partial charge in [-0.3, -0.25) is 0 Å². The molecule has 7 rings (SSSR count). The van der Waals surface area contributed by atoms with Crippen LogP contribution in [0.4, 0.5) is 5.69 Å². The Morgan fingerprint density at radius 3 is 2.37 bits per heavy atom. The van der Waals surface area contributed by atoms with Gasteiger partial charge in [0.05, 0.1) is 12.4 Å². The molecule has 0 amide bonds. The van der Waals surface area contributed by atoms with Crippen molar-refractivity contribution >= 4 is 11.5 Å². The summed E-state index contributed by atoms with van der Waals surface area (Å²) in [5.41, 5.74) is 6.78. The predicted molar refractivity (Wildman–Crippen MR) is 169 cm³/mol. The number of hydrogen-bond acceptors (Lipinski definition) is 8. The zero-order chi connectivity index (χ0) is 29.2. The fourth-order valence-electron chi connectivity index (χ4n) is 6.64. The van der Waals surface area contributed by atoms with E-state index in [0.29, 0.717) is 18.4 Å². The Hall–Kier alpha value is -4.50. The van der Waals surface area contributed by atoms with Crippen molar-refractivity contribution < 1.29 is 4.74 Å². The van der Waals surface area contributed by atoms with Gasteiger partial charge in [0, 0.05) is 31.1 Å². The minimum atomic E-state index is -0.0604. The highest BCUT2D eigenvalue weighted by Gasteiger charge is 2.41. The van der Waals surface area contributed by atoms with Crippen molar-refractivity contribution in [3.8, 4) is 22.5 Å². The number of methoxy groups -OCH3 is 1. The predicted octanol–water partition coefficient (Wildman–Crippen LogP) is 6.27. The number of tetrazole rings is 1. The smallest absolute Gasteiger partial charge is 0.180 e. The van der Waals surface area contributed by atoms with Crippen LogP contribution in [0.2, 0.25) is 0 Å². The normalized spacial score (nSPS) is 19.7. The van der Waals surface area contributed by atoms with E-state index in [1.165, 1.54) is 43.4 Å². The first-order valence-corrected chi connectivity index (χ1v) is 15.3. The Kier molecular flexibility index (Phi) is 7.64. The molecule has 9 heteroatoms. The zero-order valence-electron chi connectivity index (χ0n) is 24.8. The number of aliphatic imine (C=N–C) groups is 1. The highest BCUT2D eigenvalue weighted by Crippen LogP contribution is 2.39. The summed E-state index contributed by atoms with van der Waals surface area (Å²) in [5, 5.41) is 14.6. The maximum atomic E-state index is 5.79. The lowest BCUT2D eigenvalue weighted by Crippen LogP contribution is -2.49. The number of anilines is 1. The molecule has 9 nitrogen and oxygen atoms in total. The topological polar surface area (TPSA) is 85.8 Å². The largest absolute Gasteiger partial charge is 0.362 e. The van der Waals surface area contributed by atoms with Crippen LogP contribution in [0.15, 0.2) is 95.8 Å². The van der Waals surface area contributed by atoms with Crippen molar-refractivity contribution in [2.75, 3.05) is 18.7 Å². The van der Waals surface area contributed by atoms with Crippen molar-refractivity contribution in [2.45, 2.75) is 58.0 Å². The molecule has 2 aliphatic heterocycles. The van der Waals surface area contributed by atoms with Gasteiger partial charge in [0.2, 0.25) is 0 Å². The number of nitrogens with zero attached hydrogens (tertiary/aromatic N) is 7. The lowest BCUT2D eigenvalue weighted by Gasteiger charge is -2.40. The van der Waals surface area contributed by atoms with Crippen molar-refractivity contribution in [3.63, 3.8) is 0 Å². The van der Waals surface area contributed by atoms with Gasteiger partial charge in [0.1, 0.15) is 12.4 Å². The van der Waals surface area contributed by atoms with Crippen LogP contribution in [0.1, 0.15) is 44.6 Å². The average molecular weight is 575 g/mol. The molecule has 0 bridgehead atoms. The van der Waals surface area contributed by atoms with Crippen LogP contribution in [0.25, 0.3) is 22.5 Å². The van der Waals surface area contributed by atoms with Crippen LogP contribution in [-0.4, -0.2) is 62.4 Å². The van der Waals surface area contributed by atoms with Crippen molar-refractivity contribution in [1.29, 1.82) is 0 Å². The Bertz CT molecular complexity index is 1580. The van der Waals surface area contributed by atoms with Crippen LogP contribution in [-0.2, 0) is 11.3 Å². The molecular formula is C34H38N8O. The van der Waals surface area contributed by atoms with E-state index < -0.39 is 0 Å². The number of para-hydroxylation sites is 1. The first-order valence-electron chi connectivity index (χ1n) is 15.3. The van der Waals surface area contributed by atoms with Crippen LogP contribution >= 0.6 is 0 Å². The first kappa shape index (κ1) is 27.3. The second kappa shape index (κ2) is 12.0. The molecule has 1 N–H and O–H groups in total. The summed E-state index contributed by atoms with van der Waals surface area (Å²) in [7, 11) is 1.77. The van der Waals surface area contributed by atoms with Gasteiger partial charge in [-0.15, -0.1) is 5.10 Å². The highest BCUT2D eigenvalue weighted by atomic mass is 16.5. The number of fused-ring (bicyclic) bond motifs is 1.